The monoisotopic (exact) mass is 271 g/mol. The van der Waals surface area contributed by atoms with Crippen LogP contribution in [0.5, 0.6) is 0 Å². The first-order chi connectivity index (χ1) is 7.14. The fraction of sp³-hybridized carbons (Fsp3) is 1.00. The highest BCUT2D eigenvalue weighted by Crippen LogP contribution is 2.25. The number of rotatable bonds is 7. The number of halogens is 1. The van der Waals surface area contributed by atoms with E-state index in [1.807, 2.05) is 11.8 Å². The smallest absolute Gasteiger partial charge is 0.211 e. The van der Waals surface area contributed by atoms with Gasteiger partial charge in [0.15, 0.2) is 0 Å². The van der Waals surface area contributed by atoms with Gasteiger partial charge >= 0.3 is 0 Å². The molecular weight excluding hydrogens is 254 g/mol. The topological polar surface area (TPSA) is 46.2 Å². The molecule has 0 radical (unpaired) electrons. The van der Waals surface area contributed by atoms with Gasteiger partial charge in [0.25, 0.3) is 0 Å². The van der Waals surface area contributed by atoms with Gasteiger partial charge in [-0.25, -0.2) is 13.1 Å². The molecule has 1 aliphatic heterocycles. The molecule has 1 N–H and O–H groups in total. The van der Waals surface area contributed by atoms with E-state index in [0.29, 0.717) is 24.1 Å². The summed E-state index contributed by atoms with van der Waals surface area (Å²) in [6.07, 6.45) is 3.76. The summed E-state index contributed by atoms with van der Waals surface area (Å²) < 4.78 is 25.7. The van der Waals surface area contributed by atoms with Gasteiger partial charge in [0, 0.05) is 17.7 Å². The summed E-state index contributed by atoms with van der Waals surface area (Å²) in [7, 11) is -3.06. The number of hydrogen-bond acceptors (Lipinski definition) is 3. The van der Waals surface area contributed by atoms with E-state index in [4.69, 9.17) is 11.6 Å². The van der Waals surface area contributed by atoms with E-state index >= 15 is 0 Å². The molecular formula is C9H18ClNO2S2. The third-order valence-electron chi connectivity index (χ3n) is 2.35. The highest BCUT2D eigenvalue weighted by molar-refractivity contribution is 8.00. The Morgan fingerprint density at radius 3 is 2.80 bits per heavy atom. The molecule has 6 heteroatoms. The molecule has 0 aromatic carbocycles. The number of hydrogen-bond donors (Lipinski definition) is 1. The lowest BCUT2D eigenvalue weighted by Crippen LogP contribution is -2.31. The molecule has 1 unspecified atom stereocenters. The standard InChI is InChI=1S/C9H18ClNO2S2/c10-5-1-2-7-15(12,13)11-8-9-4-3-6-14-9/h9,11H,1-8H2. The van der Waals surface area contributed by atoms with Gasteiger partial charge in [0.2, 0.25) is 10.0 Å². The van der Waals surface area contributed by atoms with Crippen molar-refractivity contribution in [2.24, 2.45) is 0 Å². The highest BCUT2D eigenvalue weighted by Gasteiger charge is 2.18. The predicted molar refractivity (Wildman–Crippen MR) is 67.2 cm³/mol. The first-order valence-corrected chi connectivity index (χ1v) is 8.52. The molecule has 1 heterocycles. The molecule has 0 aromatic rings. The van der Waals surface area contributed by atoms with Gasteiger partial charge in [-0.05, 0) is 31.4 Å². The van der Waals surface area contributed by atoms with Crippen molar-refractivity contribution in [3.05, 3.63) is 0 Å². The van der Waals surface area contributed by atoms with Gasteiger partial charge in [-0.1, -0.05) is 0 Å². The maximum absolute atomic E-state index is 11.5. The third kappa shape index (κ3) is 6.00. The molecule has 1 saturated heterocycles. The molecule has 1 aliphatic rings. The van der Waals surface area contributed by atoms with E-state index in [-0.39, 0.29) is 5.75 Å². The summed E-state index contributed by atoms with van der Waals surface area (Å²) in [6, 6.07) is 0. The van der Waals surface area contributed by atoms with Crippen molar-refractivity contribution in [2.45, 2.75) is 30.9 Å². The van der Waals surface area contributed by atoms with Gasteiger partial charge in [-0.2, -0.15) is 11.8 Å². The van der Waals surface area contributed by atoms with Gasteiger partial charge in [-0.3, -0.25) is 0 Å². The number of alkyl halides is 1. The number of unbranched alkanes of at least 4 members (excludes halogenated alkanes) is 1. The van der Waals surface area contributed by atoms with Gasteiger partial charge < -0.3 is 0 Å². The fourth-order valence-electron chi connectivity index (χ4n) is 1.48. The quantitative estimate of drug-likeness (QED) is 0.568. The second kappa shape index (κ2) is 6.99. The van der Waals surface area contributed by atoms with Crippen LogP contribution in [0.15, 0.2) is 0 Å². The Morgan fingerprint density at radius 2 is 2.20 bits per heavy atom. The molecule has 3 nitrogen and oxygen atoms in total. The lowest BCUT2D eigenvalue weighted by molar-refractivity contribution is 0.576. The van der Waals surface area contributed by atoms with Crippen molar-refractivity contribution in [1.82, 2.24) is 4.72 Å². The van der Waals surface area contributed by atoms with Crippen LogP contribution in [-0.2, 0) is 10.0 Å². The van der Waals surface area contributed by atoms with Crippen LogP contribution in [0.1, 0.15) is 25.7 Å². The Kier molecular flexibility index (Phi) is 6.34. The molecule has 0 bridgehead atoms. The number of nitrogens with one attached hydrogen (secondary N) is 1. The largest absolute Gasteiger partial charge is 0.214 e. The van der Waals surface area contributed by atoms with Crippen molar-refractivity contribution in [3.8, 4) is 0 Å². The summed E-state index contributed by atoms with van der Waals surface area (Å²) >= 11 is 7.36. The zero-order valence-corrected chi connectivity index (χ0v) is 11.1. The third-order valence-corrected chi connectivity index (χ3v) is 5.45. The van der Waals surface area contributed by atoms with E-state index in [1.54, 1.807) is 0 Å². The summed E-state index contributed by atoms with van der Waals surface area (Å²) in [6.45, 7) is 0.591. The molecule has 15 heavy (non-hydrogen) atoms. The van der Waals surface area contributed by atoms with Crippen LogP contribution in [0.4, 0.5) is 0 Å². The van der Waals surface area contributed by atoms with Crippen LogP contribution >= 0.6 is 23.4 Å². The minimum absolute atomic E-state index is 0.205. The first kappa shape index (κ1) is 13.6. The molecule has 1 fully saturated rings. The van der Waals surface area contributed by atoms with Gasteiger partial charge in [0.1, 0.15) is 0 Å². The molecule has 0 amide bonds. The molecule has 0 aromatic heterocycles. The summed E-state index contributed by atoms with van der Waals surface area (Å²) in [4.78, 5) is 0. The van der Waals surface area contributed by atoms with Crippen molar-refractivity contribution in [2.75, 3.05) is 23.9 Å². The summed E-state index contributed by atoms with van der Waals surface area (Å²) in [5, 5.41) is 0.479. The maximum atomic E-state index is 11.5. The molecule has 0 aliphatic carbocycles. The summed E-state index contributed by atoms with van der Waals surface area (Å²) in [5.41, 5.74) is 0. The predicted octanol–water partition coefficient (Wildman–Crippen LogP) is 1.82. The van der Waals surface area contributed by atoms with E-state index in [0.717, 1.165) is 12.8 Å². The lowest BCUT2D eigenvalue weighted by Gasteiger charge is -2.10. The van der Waals surface area contributed by atoms with Crippen molar-refractivity contribution in [3.63, 3.8) is 0 Å². The van der Waals surface area contributed by atoms with Crippen molar-refractivity contribution in [1.29, 1.82) is 0 Å². The van der Waals surface area contributed by atoms with Gasteiger partial charge in [0.05, 0.1) is 5.75 Å². The Labute approximate surface area is 101 Å². The second-order valence-corrected chi connectivity index (χ2v) is 7.41. The molecule has 1 atom stereocenters. The van der Waals surface area contributed by atoms with Crippen LogP contribution in [0, 0.1) is 0 Å². The maximum Gasteiger partial charge on any atom is 0.211 e. The zero-order chi connectivity index (χ0) is 11.1. The highest BCUT2D eigenvalue weighted by atomic mass is 35.5. The molecule has 90 valence electrons. The Hall–Kier alpha value is 0.550. The van der Waals surface area contributed by atoms with Gasteiger partial charge in [-0.15, -0.1) is 11.6 Å². The van der Waals surface area contributed by atoms with Crippen LogP contribution in [0.3, 0.4) is 0 Å². The lowest BCUT2D eigenvalue weighted by atomic mass is 10.2. The first-order valence-electron chi connectivity index (χ1n) is 5.29. The fourth-order valence-corrected chi connectivity index (χ4v) is 4.16. The van der Waals surface area contributed by atoms with Crippen LogP contribution in [0.2, 0.25) is 0 Å². The van der Waals surface area contributed by atoms with E-state index in [9.17, 15) is 8.42 Å². The van der Waals surface area contributed by atoms with Crippen LogP contribution in [0.25, 0.3) is 0 Å². The van der Waals surface area contributed by atoms with Crippen LogP contribution < -0.4 is 4.72 Å². The van der Waals surface area contributed by atoms with Crippen molar-refractivity contribution < 1.29 is 8.42 Å². The Bertz CT molecular complexity index is 263. The number of sulfonamides is 1. The summed E-state index contributed by atoms with van der Waals surface area (Å²) in [5.74, 6) is 1.91. The molecule has 0 saturated carbocycles. The Morgan fingerprint density at radius 1 is 1.40 bits per heavy atom. The number of thioether (sulfide) groups is 1. The average Bonchev–Trinajstić information content (AvgIpc) is 2.68. The Balaban J connectivity index is 2.17. The van der Waals surface area contributed by atoms with Crippen LogP contribution in [-0.4, -0.2) is 37.6 Å². The zero-order valence-electron chi connectivity index (χ0n) is 8.75. The molecule has 0 spiro atoms. The SMILES string of the molecule is O=S(=O)(CCCCCl)NCC1CCCS1. The van der Waals surface area contributed by atoms with Crippen molar-refractivity contribution >= 4 is 33.4 Å². The second-order valence-electron chi connectivity index (χ2n) is 3.70. The minimum atomic E-state index is -3.06. The normalized spacial score (nSPS) is 22.1. The van der Waals surface area contributed by atoms with E-state index in [2.05, 4.69) is 4.72 Å². The van der Waals surface area contributed by atoms with E-state index < -0.39 is 10.0 Å². The molecule has 1 rings (SSSR count). The van der Waals surface area contributed by atoms with E-state index in [1.165, 1.54) is 12.2 Å². The minimum Gasteiger partial charge on any atom is -0.214 e. The average molecular weight is 272 g/mol.